The van der Waals surface area contributed by atoms with Crippen LogP contribution >= 0.6 is 0 Å². The van der Waals surface area contributed by atoms with Gasteiger partial charge in [0.1, 0.15) is 5.52 Å². The molecule has 1 saturated heterocycles. The Kier molecular flexibility index (Phi) is 5.13. The summed E-state index contributed by atoms with van der Waals surface area (Å²) in [6, 6.07) is 7.51. The molecule has 0 saturated carbocycles. The molecule has 9 nitrogen and oxygen atoms in total. The highest BCUT2D eigenvalue weighted by Gasteiger charge is 2.21. The third-order valence-electron chi connectivity index (χ3n) is 5.88. The smallest absolute Gasteiger partial charge is 0.329 e. The Bertz CT molecular complexity index is 1290. The highest BCUT2D eigenvalue weighted by atomic mass is 16.5. The molecule has 0 unspecified atom stereocenters. The van der Waals surface area contributed by atoms with E-state index < -0.39 is 0 Å². The predicted molar refractivity (Wildman–Crippen MR) is 119 cm³/mol. The van der Waals surface area contributed by atoms with Crippen molar-refractivity contribution >= 4 is 22.1 Å². The van der Waals surface area contributed by atoms with Crippen LogP contribution in [0.15, 0.2) is 41.5 Å². The maximum absolute atomic E-state index is 13.3. The summed E-state index contributed by atoms with van der Waals surface area (Å²) in [7, 11) is 3.38. The molecule has 0 amide bonds. The summed E-state index contributed by atoms with van der Waals surface area (Å²) in [5.74, 6) is 0.532. The quantitative estimate of drug-likeness (QED) is 0.521. The van der Waals surface area contributed by atoms with Crippen LogP contribution in [0.25, 0.3) is 33.3 Å². The van der Waals surface area contributed by atoms with Crippen molar-refractivity contribution < 1.29 is 4.74 Å². The van der Waals surface area contributed by atoms with Crippen molar-refractivity contribution in [1.29, 1.82) is 0 Å². The monoisotopic (exact) mass is 419 g/mol. The van der Waals surface area contributed by atoms with Crippen LogP contribution in [0.4, 0.5) is 0 Å². The zero-order valence-corrected chi connectivity index (χ0v) is 17.7. The van der Waals surface area contributed by atoms with Gasteiger partial charge in [-0.2, -0.15) is 0 Å². The van der Waals surface area contributed by atoms with Gasteiger partial charge in [0.25, 0.3) is 0 Å². The fraction of sp³-hybridized carbons (Fsp3) is 0.364. The molecule has 31 heavy (non-hydrogen) atoms. The van der Waals surface area contributed by atoms with Gasteiger partial charge in [-0.25, -0.2) is 14.8 Å². The van der Waals surface area contributed by atoms with Crippen LogP contribution in [0.2, 0.25) is 0 Å². The molecule has 0 spiro atoms. The lowest BCUT2D eigenvalue weighted by Crippen LogP contribution is -2.45. The Labute approximate surface area is 179 Å². The Morgan fingerprint density at radius 1 is 1.10 bits per heavy atom. The lowest BCUT2D eigenvalue weighted by atomic mass is 10.1. The topological polar surface area (TPSA) is 90.1 Å². The van der Waals surface area contributed by atoms with Crippen molar-refractivity contribution in [2.45, 2.75) is 6.54 Å². The van der Waals surface area contributed by atoms with E-state index in [-0.39, 0.29) is 5.69 Å². The predicted octanol–water partition coefficient (Wildman–Crippen LogP) is 1.26. The molecule has 0 atom stereocenters. The maximum atomic E-state index is 13.3. The number of ether oxygens (including phenoxy) is 1. The van der Waals surface area contributed by atoms with Crippen LogP contribution in [0.3, 0.4) is 0 Å². The van der Waals surface area contributed by atoms with E-state index in [1.807, 2.05) is 22.8 Å². The van der Waals surface area contributed by atoms with Crippen molar-refractivity contribution in [2.24, 2.45) is 7.05 Å². The van der Waals surface area contributed by atoms with Crippen molar-refractivity contribution in [3.05, 3.63) is 47.1 Å². The lowest BCUT2D eigenvalue weighted by molar-refractivity contribution is 0.232. The van der Waals surface area contributed by atoms with Crippen molar-refractivity contribution in [2.75, 3.05) is 39.8 Å². The van der Waals surface area contributed by atoms with Crippen molar-refractivity contribution in [3.8, 4) is 17.1 Å². The minimum atomic E-state index is -0.0622. The molecule has 9 heteroatoms. The molecule has 0 aromatic carbocycles. The van der Waals surface area contributed by atoms with Crippen molar-refractivity contribution in [1.82, 2.24) is 34.3 Å². The molecule has 4 aromatic heterocycles. The fourth-order valence-corrected chi connectivity index (χ4v) is 4.24. The van der Waals surface area contributed by atoms with Gasteiger partial charge in [-0.3, -0.25) is 19.0 Å². The summed E-state index contributed by atoms with van der Waals surface area (Å²) >= 11 is 0. The van der Waals surface area contributed by atoms with Gasteiger partial charge in [-0.15, -0.1) is 0 Å². The molecule has 1 aliphatic rings. The van der Waals surface area contributed by atoms with E-state index in [4.69, 9.17) is 9.72 Å². The van der Waals surface area contributed by atoms with E-state index in [0.29, 0.717) is 18.1 Å². The van der Waals surface area contributed by atoms with E-state index in [1.165, 1.54) is 0 Å². The number of aromatic nitrogens is 5. The second-order valence-corrected chi connectivity index (χ2v) is 7.70. The first kappa shape index (κ1) is 19.7. The number of nitrogens with one attached hydrogen (secondary N) is 1. The largest absolute Gasteiger partial charge is 0.481 e. The zero-order valence-electron chi connectivity index (χ0n) is 17.7. The zero-order chi connectivity index (χ0) is 21.4. The summed E-state index contributed by atoms with van der Waals surface area (Å²) in [5, 5.41) is 3.37. The average molecular weight is 419 g/mol. The molecule has 1 N–H and O–H groups in total. The van der Waals surface area contributed by atoms with Gasteiger partial charge in [-0.05, 0) is 18.2 Å². The molecule has 1 fully saturated rings. The van der Waals surface area contributed by atoms with Gasteiger partial charge in [0.2, 0.25) is 5.88 Å². The number of hydrogen-bond donors (Lipinski definition) is 1. The molecule has 4 aromatic rings. The van der Waals surface area contributed by atoms with Crippen LogP contribution in [0, 0.1) is 0 Å². The third-order valence-corrected chi connectivity index (χ3v) is 5.88. The van der Waals surface area contributed by atoms with E-state index in [9.17, 15) is 4.79 Å². The average Bonchev–Trinajstić information content (AvgIpc) is 3.08. The van der Waals surface area contributed by atoms with Crippen LogP contribution in [0.1, 0.15) is 0 Å². The molecule has 0 bridgehead atoms. The van der Waals surface area contributed by atoms with E-state index in [1.54, 1.807) is 37.2 Å². The molecule has 1 aliphatic heterocycles. The van der Waals surface area contributed by atoms with Gasteiger partial charge < -0.3 is 10.1 Å². The van der Waals surface area contributed by atoms with E-state index in [2.05, 4.69) is 20.2 Å². The number of pyridine rings is 3. The number of fused-ring (bicyclic) bond motifs is 3. The Balaban J connectivity index is 1.70. The van der Waals surface area contributed by atoms with Gasteiger partial charge >= 0.3 is 5.69 Å². The molecular formula is C22H25N7O2. The highest BCUT2D eigenvalue weighted by Crippen LogP contribution is 2.31. The summed E-state index contributed by atoms with van der Waals surface area (Å²) in [6.45, 7) is 5.36. The molecule has 160 valence electrons. The first-order valence-corrected chi connectivity index (χ1v) is 10.4. The molecule has 0 aliphatic carbocycles. The van der Waals surface area contributed by atoms with Crippen LogP contribution in [-0.2, 0) is 13.6 Å². The SMILES string of the molecule is COc1ccc(-c2nc3cccnc3c3c2n(C)c(=O)n3CCN2CCNCC2)cn1. The van der Waals surface area contributed by atoms with E-state index >= 15 is 0 Å². The minimum absolute atomic E-state index is 0.0622. The molecule has 5 heterocycles. The summed E-state index contributed by atoms with van der Waals surface area (Å²) in [4.78, 5) is 29.5. The van der Waals surface area contributed by atoms with Crippen LogP contribution in [-0.4, -0.2) is 68.8 Å². The number of piperazine rings is 1. The number of nitrogens with zero attached hydrogens (tertiary/aromatic N) is 6. The third kappa shape index (κ3) is 3.45. The lowest BCUT2D eigenvalue weighted by Gasteiger charge is -2.27. The van der Waals surface area contributed by atoms with Crippen molar-refractivity contribution in [3.63, 3.8) is 0 Å². The van der Waals surface area contributed by atoms with Gasteiger partial charge in [0.15, 0.2) is 0 Å². The second kappa shape index (κ2) is 8.09. The molecule has 5 rings (SSSR count). The highest BCUT2D eigenvalue weighted by molar-refractivity contribution is 6.05. The Morgan fingerprint density at radius 3 is 2.68 bits per heavy atom. The number of methoxy groups -OCH3 is 1. The number of imidazole rings is 1. The standard InChI is InChI=1S/C22H25N7O2/c1-27-20-18(15-5-6-17(31-2)25-14-15)26-16-4-3-7-24-19(16)21(20)29(22(27)30)13-12-28-10-8-23-9-11-28/h3-7,14,23H,8-13H2,1-2H3. The number of rotatable bonds is 5. The van der Waals surface area contributed by atoms with Crippen LogP contribution in [0.5, 0.6) is 5.88 Å². The van der Waals surface area contributed by atoms with E-state index in [0.717, 1.165) is 60.4 Å². The summed E-state index contributed by atoms with van der Waals surface area (Å²) in [6.07, 6.45) is 3.47. The normalized spacial score (nSPS) is 15.0. The first-order valence-electron chi connectivity index (χ1n) is 10.4. The minimum Gasteiger partial charge on any atom is -0.481 e. The maximum Gasteiger partial charge on any atom is 0.329 e. The Morgan fingerprint density at radius 2 is 1.94 bits per heavy atom. The number of aryl methyl sites for hydroxylation is 1. The van der Waals surface area contributed by atoms with Crippen LogP contribution < -0.4 is 15.7 Å². The molecule has 0 radical (unpaired) electrons. The first-order chi connectivity index (χ1) is 15.2. The Hall–Kier alpha value is -3.30. The number of hydrogen-bond acceptors (Lipinski definition) is 7. The molecular weight excluding hydrogens is 394 g/mol. The fourth-order valence-electron chi connectivity index (χ4n) is 4.24. The van der Waals surface area contributed by atoms with Gasteiger partial charge in [0, 0.05) is 70.3 Å². The summed E-state index contributed by atoms with van der Waals surface area (Å²) < 4.78 is 8.71. The summed E-state index contributed by atoms with van der Waals surface area (Å²) in [5.41, 5.74) is 4.55. The van der Waals surface area contributed by atoms with Gasteiger partial charge in [-0.1, -0.05) is 0 Å². The van der Waals surface area contributed by atoms with Gasteiger partial charge in [0.05, 0.1) is 29.4 Å². The second-order valence-electron chi connectivity index (χ2n) is 7.70.